The van der Waals surface area contributed by atoms with E-state index in [1.165, 1.54) is 17.4 Å². The van der Waals surface area contributed by atoms with Crippen molar-refractivity contribution < 1.29 is 9.59 Å². The lowest BCUT2D eigenvalue weighted by Crippen LogP contribution is -2.32. The largest absolute Gasteiger partial charge is 0.316 e. The van der Waals surface area contributed by atoms with Crippen LogP contribution in [0, 0.1) is 5.92 Å². The van der Waals surface area contributed by atoms with E-state index in [0.29, 0.717) is 19.5 Å². The summed E-state index contributed by atoms with van der Waals surface area (Å²) < 4.78 is 3.31. The Morgan fingerprint density at radius 3 is 3.09 bits per heavy atom. The van der Waals surface area contributed by atoms with Crippen LogP contribution in [0.3, 0.4) is 0 Å². The van der Waals surface area contributed by atoms with Crippen molar-refractivity contribution in [2.24, 2.45) is 10.9 Å². The summed E-state index contributed by atoms with van der Waals surface area (Å²) in [5.41, 5.74) is 0. The number of nitrogens with zero attached hydrogens (tertiary/aromatic N) is 7. The van der Waals surface area contributed by atoms with Crippen LogP contribution in [0.5, 0.6) is 0 Å². The number of anilines is 1. The maximum absolute atomic E-state index is 12.5. The van der Waals surface area contributed by atoms with Crippen LogP contribution in [0.2, 0.25) is 0 Å². The smallest absolute Gasteiger partial charge is 0.300 e. The van der Waals surface area contributed by atoms with E-state index in [1.807, 2.05) is 6.92 Å². The molecule has 3 heterocycles. The summed E-state index contributed by atoms with van der Waals surface area (Å²) in [6, 6.07) is 1.78. The average Bonchev–Trinajstić information content (AvgIpc) is 3.20. The van der Waals surface area contributed by atoms with Gasteiger partial charge in [0.1, 0.15) is 12.1 Å². The molecule has 3 rings (SSSR count). The number of hydrogen-bond acceptors (Lipinski definition) is 5. The number of fused-ring (bicyclic) bond motifs is 1. The molecule has 0 aliphatic carbocycles. The summed E-state index contributed by atoms with van der Waals surface area (Å²) >= 11 is 0. The molecule has 1 aliphatic rings. The molecule has 120 valence electrons. The molecule has 23 heavy (non-hydrogen) atoms. The highest BCUT2D eigenvalue weighted by molar-refractivity contribution is 6.06. The zero-order valence-corrected chi connectivity index (χ0v) is 13.0. The van der Waals surface area contributed by atoms with Crippen LogP contribution in [0.1, 0.15) is 24.0 Å². The van der Waals surface area contributed by atoms with Gasteiger partial charge >= 0.3 is 5.91 Å². The first-order chi connectivity index (χ1) is 11.1. The molecule has 0 spiro atoms. The predicted octanol–water partition coefficient (Wildman–Crippen LogP) is 0.388. The first-order valence-electron chi connectivity index (χ1n) is 7.37. The summed E-state index contributed by atoms with van der Waals surface area (Å²) in [6.45, 7) is 3.11. The van der Waals surface area contributed by atoms with Crippen molar-refractivity contribution in [2.45, 2.75) is 26.4 Å². The lowest BCUT2D eigenvalue weighted by atomic mass is 10.1. The topological polar surface area (TPSA) is 98.3 Å². The number of carbonyl (C=O) groups is 2. The molecule has 2 aromatic heterocycles. The molecule has 0 saturated heterocycles. The minimum Gasteiger partial charge on any atom is -0.300 e. The van der Waals surface area contributed by atoms with Gasteiger partial charge in [0.15, 0.2) is 0 Å². The van der Waals surface area contributed by atoms with Gasteiger partial charge in [-0.2, -0.15) is 5.10 Å². The number of aromatic nitrogens is 5. The monoisotopic (exact) mass is 315 g/mol. The fraction of sp³-hybridized carbons (Fsp3) is 0.429. The minimum atomic E-state index is -0.547. The number of rotatable bonds is 3. The molecule has 0 fully saturated rings. The maximum atomic E-state index is 12.5. The SMILES string of the molecule is CCn1cnc(C(=O)/N=C\C2CCn3nccc3N(C)C2=O)n1. The summed E-state index contributed by atoms with van der Waals surface area (Å²) in [7, 11) is 1.69. The molecule has 1 aliphatic heterocycles. The van der Waals surface area contributed by atoms with Crippen LogP contribution in [0.4, 0.5) is 5.82 Å². The first kappa shape index (κ1) is 15.1. The van der Waals surface area contributed by atoms with Gasteiger partial charge in [-0.15, -0.1) is 5.10 Å². The highest BCUT2D eigenvalue weighted by Gasteiger charge is 2.27. The van der Waals surface area contributed by atoms with E-state index in [1.54, 1.807) is 28.7 Å². The summed E-state index contributed by atoms with van der Waals surface area (Å²) in [5.74, 6) is -0.368. The third kappa shape index (κ3) is 2.89. The zero-order valence-electron chi connectivity index (χ0n) is 13.0. The molecular weight excluding hydrogens is 298 g/mol. The molecule has 0 aromatic carbocycles. The number of hydrogen-bond donors (Lipinski definition) is 0. The average molecular weight is 315 g/mol. The normalized spacial score (nSPS) is 18.3. The van der Waals surface area contributed by atoms with Crippen LogP contribution in [0.25, 0.3) is 0 Å². The van der Waals surface area contributed by atoms with Gasteiger partial charge in [0.25, 0.3) is 0 Å². The standard InChI is InChI=1S/C14H17N7O2/c1-3-20-9-16-12(18-20)13(22)15-8-10-5-7-21-11(4-6-17-21)19(2)14(10)23/h4,6,8-10H,3,5,7H2,1-2H3/b15-8-. The van der Waals surface area contributed by atoms with Crippen LogP contribution in [0.15, 0.2) is 23.6 Å². The maximum Gasteiger partial charge on any atom is 0.316 e. The lowest BCUT2D eigenvalue weighted by Gasteiger charge is -2.16. The predicted molar refractivity (Wildman–Crippen MR) is 82.3 cm³/mol. The molecule has 9 nitrogen and oxygen atoms in total. The molecule has 2 aromatic rings. The number of aryl methyl sites for hydroxylation is 2. The number of amides is 2. The molecule has 1 unspecified atom stereocenters. The molecule has 9 heteroatoms. The van der Waals surface area contributed by atoms with E-state index in [2.05, 4.69) is 20.2 Å². The van der Waals surface area contributed by atoms with Crippen molar-refractivity contribution >= 4 is 23.8 Å². The van der Waals surface area contributed by atoms with Crippen molar-refractivity contribution in [3.8, 4) is 0 Å². The van der Waals surface area contributed by atoms with Crippen molar-refractivity contribution in [2.75, 3.05) is 11.9 Å². The summed E-state index contributed by atoms with van der Waals surface area (Å²) in [4.78, 5) is 33.7. The van der Waals surface area contributed by atoms with Crippen LogP contribution in [-0.4, -0.2) is 49.6 Å². The summed E-state index contributed by atoms with van der Waals surface area (Å²) in [6.07, 6.45) is 5.06. The Bertz CT molecular complexity index is 761. The van der Waals surface area contributed by atoms with E-state index < -0.39 is 11.8 Å². The summed E-state index contributed by atoms with van der Waals surface area (Å²) in [5, 5.41) is 8.18. The van der Waals surface area contributed by atoms with Gasteiger partial charge in [0, 0.05) is 32.4 Å². The fourth-order valence-electron chi connectivity index (χ4n) is 2.43. The fourth-order valence-corrected chi connectivity index (χ4v) is 2.43. The van der Waals surface area contributed by atoms with Crippen LogP contribution < -0.4 is 4.90 Å². The number of carbonyl (C=O) groups excluding carboxylic acids is 2. The van der Waals surface area contributed by atoms with Crippen LogP contribution in [-0.2, 0) is 17.9 Å². The first-order valence-corrected chi connectivity index (χ1v) is 7.37. The van der Waals surface area contributed by atoms with Crippen molar-refractivity contribution in [3.63, 3.8) is 0 Å². The van der Waals surface area contributed by atoms with Crippen LogP contribution >= 0.6 is 0 Å². The second-order valence-electron chi connectivity index (χ2n) is 5.21. The highest BCUT2D eigenvalue weighted by atomic mass is 16.2. The molecule has 0 N–H and O–H groups in total. The Kier molecular flexibility index (Phi) is 4.00. The van der Waals surface area contributed by atoms with Crippen molar-refractivity contribution in [3.05, 3.63) is 24.4 Å². The molecule has 2 amide bonds. The Hall–Kier alpha value is -2.84. The van der Waals surface area contributed by atoms with Gasteiger partial charge < -0.3 is 0 Å². The Labute approximate surface area is 132 Å². The van der Waals surface area contributed by atoms with Gasteiger partial charge in [-0.05, 0) is 13.3 Å². The second-order valence-corrected chi connectivity index (χ2v) is 5.21. The lowest BCUT2D eigenvalue weighted by molar-refractivity contribution is -0.120. The van der Waals surface area contributed by atoms with Gasteiger partial charge in [0.2, 0.25) is 11.7 Å². The minimum absolute atomic E-state index is 0.0328. The highest BCUT2D eigenvalue weighted by Crippen LogP contribution is 2.21. The van der Waals surface area contributed by atoms with Crippen molar-refractivity contribution in [1.29, 1.82) is 0 Å². The Balaban J connectivity index is 1.73. The Morgan fingerprint density at radius 2 is 2.35 bits per heavy atom. The zero-order chi connectivity index (χ0) is 16.4. The Morgan fingerprint density at radius 1 is 1.52 bits per heavy atom. The van der Waals surface area contributed by atoms with Gasteiger partial charge in [0.05, 0.1) is 12.1 Å². The molecule has 0 bridgehead atoms. The number of aliphatic imine (C=N–C) groups is 1. The van der Waals surface area contributed by atoms with Gasteiger partial charge in [-0.25, -0.2) is 14.7 Å². The third-order valence-electron chi connectivity index (χ3n) is 3.76. The molecule has 1 atom stereocenters. The molecular formula is C14H17N7O2. The van der Waals surface area contributed by atoms with E-state index in [4.69, 9.17) is 0 Å². The molecule has 0 saturated carbocycles. The van der Waals surface area contributed by atoms with Gasteiger partial charge in [-0.3, -0.25) is 19.2 Å². The quantitative estimate of drug-likeness (QED) is 0.763. The van der Waals surface area contributed by atoms with E-state index >= 15 is 0 Å². The van der Waals surface area contributed by atoms with E-state index in [0.717, 1.165) is 5.82 Å². The third-order valence-corrected chi connectivity index (χ3v) is 3.76. The second kappa shape index (κ2) is 6.11. The van der Waals surface area contributed by atoms with Crippen molar-refractivity contribution in [1.82, 2.24) is 24.5 Å². The van der Waals surface area contributed by atoms with E-state index in [9.17, 15) is 9.59 Å². The van der Waals surface area contributed by atoms with E-state index in [-0.39, 0.29) is 11.7 Å². The molecule has 0 radical (unpaired) electrons. The van der Waals surface area contributed by atoms with Gasteiger partial charge in [-0.1, -0.05) is 0 Å².